The SMILES string of the molecule is COCCn1nc(-c2cocn2)c2c1CCN(C(=O)CCc1ccccc1)C2. The van der Waals surface area contributed by atoms with Crippen LogP contribution in [0.3, 0.4) is 0 Å². The fraction of sp³-hybridized carbons (Fsp3) is 0.381. The van der Waals surface area contributed by atoms with Gasteiger partial charge in [-0.3, -0.25) is 9.48 Å². The molecule has 3 aromatic rings. The quantitative estimate of drug-likeness (QED) is 0.630. The molecule has 0 saturated carbocycles. The molecular weight excluding hydrogens is 356 g/mol. The second-order valence-corrected chi connectivity index (χ2v) is 6.91. The number of aryl methyl sites for hydroxylation is 1. The van der Waals surface area contributed by atoms with Crippen LogP contribution in [0.25, 0.3) is 11.4 Å². The third kappa shape index (κ3) is 3.84. The van der Waals surface area contributed by atoms with Crippen LogP contribution in [0, 0.1) is 0 Å². The smallest absolute Gasteiger partial charge is 0.223 e. The molecule has 1 aliphatic rings. The van der Waals surface area contributed by atoms with Crippen LogP contribution in [0.5, 0.6) is 0 Å². The number of hydrogen-bond acceptors (Lipinski definition) is 5. The lowest BCUT2D eigenvalue weighted by atomic mass is 10.0. The zero-order valence-electron chi connectivity index (χ0n) is 16.0. The van der Waals surface area contributed by atoms with Crippen LogP contribution in [-0.4, -0.2) is 45.8 Å². The predicted molar refractivity (Wildman–Crippen MR) is 103 cm³/mol. The van der Waals surface area contributed by atoms with Gasteiger partial charge in [-0.1, -0.05) is 30.3 Å². The zero-order valence-corrected chi connectivity index (χ0v) is 16.0. The lowest BCUT2D eigenvalue weighted by molar-refractivity contribution is -0.132. The molecule has 0 N–H and O–H groups in total. The van der Waals surface area contributed by atoms with Crippen molar-refractivity contribution in [1.82, 2.24) is 19.7 Å². The Hall–Kier alpha value is -2.93. The Labute approximate surface area is 163 Å². The Morgan fingerprint density at radius 2 is 2.14 bits per heavy atom. The molecule has 0 unspecified atom stereocenters. The second-order valence-electron chi connectivity index (χ2n) is 6.91. The number of hydrogen-bond donors (Lipinski definition) is 0. The molecule has 0 spiro atoms. The van der Waals surface area contributed by atoms with Gasteiger partial charge in [-0.2, -0.15) is 5.10 Å². The van der Waals surface area contributed by atoms with Crippen LogP contribution >= 0.6 is 0 Å². The minimum Gasteiger partial charge on any atom is -0.451 e. The number of ether oxygens (including phenoxy) is 1. The van der Waals surface area contributed by atoms with E-state index in [1.165, 1.54) is 12.0 Å². The van der Waals surface area contributed by atoms with Gasteiger partial charge in [0.2, 0.25) is 5.91 Å². The van der Waals surface area contributed by atoms with Crippen molar-refractivity contribution in [1.29, 1.82) is 0 Å². The van der Waals surface area contributed by atoms with Crippen molar-refractivity contribution in [2.75, 3.05) is 20.3 Å². The van der Waals surface area contributed by atoms with E-state index < -0.39 is 0 Å². The maximum Gasteiger partial charge on any atom is 0.223 e. The van der Waals surface area contributed by atoms with Gasteiger partial charge in [-0.25, -0.2) is 4.98 Å². The van der Waals surface area contributed by atoms with Gasteiger partial charge in [0.15, 0.2) is 6.39 Å². The molecule has 1 amide bonds. The summed E-state index contributed by atoms with van der Waals surface area (Å²) in [6.45, 7) is 2.53. The average molecular weight is 380 g/mol. The molecule has 0 saturated heterocycles. The molecule has 0 atom stereocenters. The fourth-order valence-electron chi connectivity index (χ4n) is 3.66. The maximum absolute atomic E-state index is 12.8. The van der Waals surface area contributed by atoms with Gasteiger partial charge in [0.05, 0.1) is 13.2 Å². The van der Waals surface area contributed by atoms with Crippen LogP contribution in [0.2, 0.25) is 0 Å². The Kier molecular flexibility index (Phi) is 5.53. The molecule has 7 heteroatoms. The second kappa shape index (κ2) is 8.39. The largest absolute Gasteiger partial charge is 0.451 e. The summed E-state index contributed by atoms with van der Waals surface area (Å²) in [5.41, 5.74) is 4.89. The third-order valence-corrected chi connectivity index (χ3v) is 5.14. The van der Waals surface area contributed by atoms with Gasteiger partial charge in [0, 0.05) is 44.3 Å². The normalized spacial score (nSPS) is 13.5. The van der Waals surface area contributed by atoms with Gasteiger partial charge in [-0.05, 0) is 12.0 Å². The molecule has 1 aliphatic heterocycles. The summed E-state index contributed by atoms with van der Waals surface area (Å²) in [6.07, 6.45) is 5.05. The Balaban J connectivity index is 1.52. The van der Waals surface area contributed by atoms with E-state index >= 15 is 0 Å². The summed E-state index contributed by atoms with van der Waals surface area (Å²) < 4.78 is 12.3. The van der Waals surface area contributed by atoms with Gasteiger partial charge in [0.25, 0.3) is 0 Å². The number of methoxy groups -OCH3 is 1. The van der Waals surface area contributed by atoms with Gasteiger partial charge in [0.1, 0.15) is 17.7 Å². The van der Waals surface area contributed by atoms with E-state index in [0.29, 0.717) is 38.4 Å². The van der Waals surface area contributed by atoms with Crippen molar-refractivity contribution in [2.24, 2.45) is 0 Å². The fourth-order valence-corrected chi connectivity index (χ4v) is 3.66. The molecule has 28 heavy (non-hydrogen) atoms. The number of rotatable bonds is 7. The number of fused-ring (bicyclic) bond motifs is 1. The van der Waals surface area contributed by atoms with Gasteiger partial charge >= 0.3 is 0 Å². The molecule has 4 rings (SSSR count). The van der Waals surface area contributed by atoms with Crippen molar-refractivity contribution in [2.45, 2.75) is 32.4 Å². The van der Waals surface area contributed by atoms with Crippen molar-refractivity contribution >= 4 is 5.91 Å². The topological polar surface area (TPSA) is 73.4 Å². The Bertz CT molecular complexity index is 919. The summed E-state index contributed by atoms with van der Waals surface area (Å²) in [7, 11) is 1.68. The molecule has 146 valence electrons. The highest BCUT2D eigenvalue weighted by molar-refractivity contribution is 5.77. The molecule has 0 radical (unpaired) electrons. The minimum atomic E-state index is 0.172. The summed E-state index contributed by atoms with van der Waals surface area (Å²) in [6, 6.07) is 10.1. The zero-order chi connectivity index (χ0) is 19.3. The molecule has 0 fully saturated rings. The lowest BCUT2D eigenvalue weighted by Gasteiger charge is -2.28. The van der Waals surface area contributed by atoms with Crippen LogP contribution in [0.1, 0.15) is 23.2 Å². The van der Waals surface area contributed by atoms with Crippen LogP contribution in [0.15, 0.2) is 47.4 Å². The van der Waals surface area contributed by atoms with Crippen molar-refractivity contribution < 1.29 is 13.9 Å². The van der Waals surface area contributed by atoms with Crippen molar-refractivity contribution in [3.05, 3.63) is 59.8 Å². The minimum absolute atomic E-state index is 0.172. The van der Waals surface area contributed by atoms with E-state index in [1.807, 2.05) is 27.8 Å². The average Bonchev–Trinajstić information content (AvgIpc) is 3.38. The standard InChI is InChI=1S/C21H24N4O3/c1-27-12-11-25-19-9-10-24(20(26)8-7-16-5-3-2-4-6-16)13-17(19)21(23-25)18-14-28-15-22-18/h2-6,14-15H,7-13H2,1H3. The molecular formula is C21H24N4O3. The first-order valence-corrected chi connectivity index (χ1v) is 9.54. The Morgan fingerprint density at radius 1 is 1.29 bits per heavy atom. The number of amides is 1. The molecule has 7 nitrogen and oxygen atoms in total. The Morgan fingerprint density at radius 3 is 2.89 bits per heavy atom. The van der Waals surface area contributed by atoms with E-state index in [4.69, 9.17) is 14.3 Å². The predicted octanol–water partition coefficient (Wildman–Crippen LogP) is 2.70. The first-order chi connectivity index (χ1) is 13.8. The van der Waals surface area contributed by atoms with E-state index in [9.17, 15) is 4.79 Å². The van der Waals surface area contributed by atoms with E-state index in [2.05, 4.69) is 17.1 Å². The number of benzene rings is 1. The molecule has 0 bridgehead atoms. The van der Waals surface area contributed by atoms with Crippen LogP contribution in [-0.2, 0) is 35.5 Å². The number of nitrogens with zero attached hydrogens (tertiary/aromatic N) is 4. The number of carbonyl (C=O) groups is 1. The first kappa shape index (κ1) is 18.4. The van der Waals surface area contributed by atoms with E-state index in [-0.39, 0.29) is 5.91 Å². The highest BCUT2D eigenvalue weighted by atomic mass is 16.5. The summed E-state index contributed by atoms with van der Waals surface area (Å²) >= 11 is 0. The number of aromatic nitrogens is 3. The van der Waals surface area contributed by atoms with E-state index in [1.54, 1.807) is 13.4 Å². The monoisotopic (exact) mass is 380 g/mol. The maximum atomic E-state index is 12.8. The molecule has 2 aromatic heterocycles. The van der Waals surface area contributed by atoms with Crippen LogP contribution in [0.4, 0.5) is 0 Å². The molecule has 3 heterocycles. The number of oxazole rings is 1. The summed E-state index contributed by atoms with van der Waals surface area (Å²) in [4.78, 5) is 19.0. The van der Waals surface area contributed by atoms with Crippen LogP contribution < -0.4 is 0 Å². The molecule has 0 aliphatic carbocycles. The summed E-state index contributed by atoms with van der Waals surface area (Å²) in [5.74, 6) is 0.172. The van der Waals surface area contributed by atoms with Gasteiger partial charge in [-0.15, -0.1) is 0 Å². The number of carbonyl (C=O) groups excluding carboxylic acids is 1. The first-order valence-electron chi connectivity index (χ1n) is 9.54. The highest BCUT2D eigenvalue weighted by Gasteiger charge is 2.28. The third-order valence-electron chi connectivity index (χ3n) is 5.14. The molecule has 1 aromatic carbocycles. The van der Waals surface area contributed by atoms with Crippen molar-refractivity contribution in [3.63, 3.8) is 0 Å². The van der Waals surface area contributed by atoms with Crippen molar-refractivity contribution in [3.8, 4) is 11.4 Å². The van der Waals surface area contributed by atoms with Gasteiger partial charge < -0.3 is 14.1 Å². The lowest BCUT2D eigenvalue weighted by Crippen LogP contribution is -2.36. The highest BCUT2D eigenvalue weighted by Crippen LogP contribution is 2.29. The summed E-state index contributed by atoms with van der Waals surface area (Å²) in [5, 5.41) is 4.74. The van der Waals surface area contributed by atoms with E-state index in [0.717, 1.165) is 29.8 Å².